The minimum atomic E-state index is -0.164. The first-order chi connectivity index (χ1) is 7.27. The summed E-state index contributed by atoms with van der Waals surface area (Å²) >= 11 is 0. The topological polar surface area (TPSA) is 56.2 Å². The van der Waals surface area contributed by atoms with Crippen molar-refractivity contribution in [2.24, 2.45) is 0 Å². The van der Waals surface area contributed by atoms with Gasteiger partial charge in [-0.05, 0) is 6.92 Å². The normalized spacial score (nSPS) is 18.2. The summed E-state index contributed by atoms with van der Waals surface area (Å²) in [5, 5.41) is 3.18. The molecule has 1 N–H and O–H groups in total. The number of hydrogen-bond donors (Lipinski definition) is 1. The van der Waals surface area contributed by atoms with Gasteiger partial charge >= 0.3 is 5.97 Å². The first-order valence-corrected chi connectivity index (χ1v) is 5.12. The predicted octanol–water partition coefficient (Wildman–Crippen LogP) is 0.135. The highest BCUT2D eigenvalue weighted by Crippen LogP contribution is 2.25. The highest BCUT2D eigenvalue weighted by molar-refractivity contribution is 5.71. The highest BCUT2D eigenvalue weighted by Gasteiger charge is 2.40. The van der Waals surface area contributed by atoms with Crippen LogP contribution in [-0.2, 0) is 15.1 Å². The molecule has 1 aromatic heterocycles. The molecule has 0 amide bonds. The van der Waals surface area contributed by atoms with E-state index in [1.54, 1.807) is 12.5 Å². The molecule has 0 saturated carbocycles. The molecule has 2 rings (SSSR count). The predicted molar refractivity (Wildman–Crippen MR) is 54.3 cm³/mol. The van der Waals surface area contributed by atoms with Crippen LogP contribution in [0.25, 0.3) is 0 Å². The summed E-state index contributed by atoms with van der Waals surface area (Å²) in [5.41, 5.74) is -0.164. The molecule has 0 spiro atoms. The van der Waals surface area contributed by atoms with Gasteiger partial charge in [0.2, 0.25) is 0 Å². The smallest absolute Gasteiger partial charge is 0.308 e. The quantitative estimate of drug-likeness (QED) is 0.716. The van der Waals surface area contributed by atoms with Gasteiger partial charge in [0.05, 0.1) is 24.9 Å². The summed E-state index contributed by atoms with van der Waals surface area (Å²) < 4.78 is 6.96. The van der Waals surface area contributed by atoms with Gasteiger partial charge in [0.1, 0.15) is 0 Å². The van der Waals surface area contributed by atoms with Gasteiger partial charge in [0.15, 0.2) is 0 Å². The van der Waals surface area contributed by atoms with Gasteiger partial charge in [-0.25, -0.2) is 4.98 Å². The lowest BCUT2D eigenvalue weighted by Crippen LogP contribution is -2.61. The van der Waals surface area contributed by atoms with Gasteiger partial charge in [0.25, 0.3) is 0 Å². The van der Waals surface area contributed by atoms with E-state index in [1.807, 2.05) is 17.7 Å². The van der Waals surface area contributed by atoms with Crippen molar-refractivity contribution in [3.8, 4) is 0 Å². The van der Waals surface area contributed by atoms with Gasteiger partial charge in [-0.3, -0.25) is 4.79 Å². The molecule has 15 heavy (non-hydrogen) atoms. The summed E-state index contributed by atoms with van der Waals surface area (Å²) in [4.78, 5) is 15.5. The van der Waals surface area contributed by atoms with E-state index < -0.39 is 0 Å². The van der Waals surface area contributed by atoms with Gasteiger partial charge in [-0.2, -0.15) is 0 Å². The Morgan fingerprint density at radius 1 is 1.67 bits per heavy atom. The molecule has 1 aliphatic heterocycles. The molecular formula is C10H15N3O2. The van der Waals surface area contributed by atoms with Crippen LogP contribution in [0.4, 0.5) is 0 Å². The number of carbonyl (C=O) groups is 1. The summed E-state index contributed by atoms with van der Waals surface area (Å²) in [6.45, 7) is 3.84. The first-order valence-electron chi connectivity index (χ1n) is 5.12. The van der Waals surface area contributed by atoms with Crippen LogP contribution >= 0.6 is 0 Å². The molecule has 1 saturated heterocycles. The number of ether oxygens (including phenoxy) is 1. The van der Waals surface area contributed by atoms with Gasteiger partial charge in [0, 0.05) is 25.5 Å². The fourth-order valence-corrected chi connectivity index (χ4v) is 1.83. The minimum Gasteiger partial charge on any atom is -0.466 e. The van der Waals surface area contributed by atoms with Crippen LogP contribution in [0.2, 0.25) is 0 Å². The van der Waals surface area contributed by atoms with Crippen molar-refractivity contribution >= 4 is 5.97 Å². The molecule has 1 fully saturated rings. The molecule has 0 aliphatic carbocycles. The summed E-state index contributed by atoms with van der Waals surface area (Å²) in [7, 11) is 0. The van der Waals surface area contributed by atoms with Crippen LogP contribution < -0.4 is 5.32 Å². The number of nitrogens with zero attached hydrogens (tertiary/aromatic N) is 2. The zero-order chi connectivity index (χ0) is 10.7. The van der Waals surface area contributed by atoms with Crippen molar-refractivity contribution in [2.45, 2.75) is 18.9 Å². The number of carbonyl (C=O) groups excluding carboxylic acids is 1. The molecule has 82 valence electrons. The number of hydrogen-bond acceptors (Lipinski definition) is 4. The Bertz CT molecular complexity index is 330. The van der Waals surface area contributed by atoms with Crippen LogP contribution in [-0.4, -0.2) is 35.2 Å². The lowest BCUT2D eigenvalue weighted by molar-refractivity contribution is -0.146. The van der Waals surface area contributed by atoms with E-state index in [4.69, 9.17) is 4.74 Å². The Balaban J connectivity index is 2.06. The van der Waals surface area contributed by atoms with Gasteiger partial charge in [-0.15, -0.1) is 0 Å². The molecule has 0 radical (unpaired) electrons. The molecule has 2 heterocycles. The minimum absolute atomic E-state index is 0.146. The molecule has 0 atom stereocenters. The van der Waals surface area contributed by atoms with Crippen LogP contribution in [0, 0.1) is 0 Å². The second-order valence-corrected chi connectivity index (χ2v) is 3.78. The van der Waals surface area contributed by atoms with Gasteiger partial charge < -0.3 is 14.6 Å². The average molecular weight is 209 g/mol. The number of imidazole rings is 1. The Labute approximate surface area is 88.4 Å². The van der Waals surface area contributed by atoms with Crippen molar-refractivity contribution in [1.82, 2.24) is 14.9 Å². The zero-order valence-corrected chi connectivity index (χ0v) is 8.77. The second kappa shape index (κ2) is 4.02. The standard InChI is InChI=1S/C10H15N3O2/c1-2-15-9(14)5-10(6-12-7-10)13-4-3-11-8-13/h3-4,8,12H,2,5-7H2,1H3. The van der Waals surface area contributed by atoms with Crippen molar-refractivity contribution in [3.05, 3.63) is 18.7 Å². The SMILES string of the molecule is CCOC(=O)CC1(n2ccnc2)CNC1. The lowest BCUT2D eigenvalue weighted by Gasteiger charge is -2.42. The summed E-state index contributed by atoms with van der Waals surface area (Å²) in [6.07, 6.45) is 5.77. The lowest BCUT2D eigenvalue weighted by atomic mass is 9.88. The molecular weight excluding hydrogens is 194 g/mol. The molecule has 0 aromatic carbocycles. The van der Waals surface area contributed by atoms with E-state index in [0.717, 1.165) is 13.1 Å². The average Bonchev–Trinajstić information content (AvgIpc) is 2.64. The number of rotatable bonds is 4. The van der Waals surface area contributed by atoms with Crippen LogP contribution in [0.15, 0.2) is 18.7 Å². The maximum Gasteiger partial charge on any atom is 0.308 e. The summed E-state index contributed by atoms with van der Waals surface area (Å²) in [6, 6.07) is 0. The molecule has 5 nitrogen and oxygen atoms in total. The van der Waals surface area contributed by atoms with E-state index in [1.165, 1.54) is 0 Å². The van der Waals surface area contributed by atoms with Crippen molar-refractivity contribution in [2.75, 3.05) is 19.7 Å². The molecule has 0 bridgehead atoms. The van der Waals surface area contributed by atoms with Crippen molar-refractivity contribution < 1.29 is 9.53 Å². The molecule has 1 aliphatic rings. The first kappa shape index (κ1) is 10.2. The highest BCUT2D eigenvalue weighted by atomic mass is 16.5. The number of aromatic nitrogens is 2. The Morgan fingerprint density at radius 2 is 2.47 bits per heavy atom. The van der Waals surface area contributed by atoms with Crippen LogP contribution in [0.1, 0.15) is 13.3 Å². The van der Waals surface area contributed by atoms with E-state index in [-0.39, 0.29) is 11.5 Å². The number of nitrogens with one attached hydrogen (secondary N) is 1. The van der Waals surface area contributed by atoms with Crippen molar-refractivity contribution in [1.29, 1.82) is 0 Å². The molecule has 5 heteroatoms. The third-order valence-corrected chi connectivity index (χ3v) is 2.74. The Morgan fingerprint density at radius 3 is 2.93 bits per heavy atom. The van der Waals surface area contributed by atoms with E-state index in [2.05, 4.69) is 10.3 Å². The fourth-order valence-electron chi connectivity index (χ4n) is 1.83. The fraction of sp³-hybridized carbons (Fsp3) is 0.600. The summed E-state index contributed by atoms with van der Waals surface area (Å²) in [5.74, 6) is -0.146. The van der Waals surface area contributed by atoms with Crippen molar-refractivity contribution in [3.63, 3.8) is 0 Å². The second-order valence-electron chi connectivity index (χ2n) is 3.78. The Hall–Kier alpha value is -1.36. The third-order valence-electron chi connectivity index (χ3n) is 2.74. The third kappa shape index (κ3) is 1.87. The van der Waals surface area contributed by atoms with Gasteiger partial charge in [-0.1, -0.05) is 0 Å². The van der Waals surface area contributed by atoms with E-state index >= 15 is 0 Å². The van der Waals surface area contributed by atoms with Crippen LogP contribution in [0.5, 0.6) is 0 Å². The van der Waals surface area contributed by atoms with E-state index in [9.17, 15) is 4.79 Å². The Kier molecular flexibility index (Phi) is 2.73. The maximum absolute atomic E-state index is 11.5. The van der Waals surface area contributed by atoms with Crippen LogP contribution in [0.3, 0.4) is 0 Å². The molecule has 1 aromatic rings. The number of esters is 1. The van der Waals surface area contributed by atoms with E-state index in [0.29, 0.717) is 13.0 Å². The molecule has 0 unspecified atom stereocenters. The zero-order valence-electron chi connectivity index (χ0n) is 8.77. The largest absolute Gasteiger partial charge is 0.466 e. The maximum atomic E-state index is 11.5. The monoisotopic (exact) mass is 209 g/mol.